The molecule has 0 fully saturated rings. The number of carbonyl (C=O) groups excluding carboxylic acids is 1. The number of alkyl halides is 1. The van der Waals surface area contributed by atoms with Gasteiger partial charge in [0.2, 0.25) is 0 Å². The van der Waals surface area contributed by atoms with Gasteiger partial charge in [-0.1, -0.05) is 11.6 Å². The third-order valence-electron chi connectivity index (χ3n) is 1.68. The van der Waals surface area contributed by atoms with E-state index in [-0.39, 0.29) is 5.88 Å². The fourth-order valence-electron chi connectivity index (χ4n) is 1.06. The fourth-order valence-corrected chi connectivity index (χ4v) is 1.36. The van der Waals surface area contributed by atoms with Crippen LogP contribution in [0.25, 0.3) is 0 Å². The number of aromatic nitrogens is 1. The third kappa shape index (κ3) is 4.79. The molecule has 0 aliphatic heterocycles. The van der Waals surface area contributed by atoms with Crippen molar-refractivity contribution in [3.63, 3.8) is 0 Å². The van der Waals surface area contributed by atoms with Gasteiger partial charge >= 0.3 is 6.09 Å². The largest absolute Gasteiger partial charge is 0.444 e. The molecular weight excluding hydrogens is 263 g/mol. The third-order valence-corrected chi connectivity index (χ3v) is 2.26. The molecule has 0 spiro atoms. The van der Waals surface area contributed by atoms with Crippen LogP contribution in [0.5, 0.6) is 0 Å². The molecule has 6 heteroatoms. The summed E-state index contributed by atoms with van der Waals surface area (Å²) in [5.41, 5.74) is 0.507. The Balaban J connectivity index is 2.77. The Morgan fingerprint density at radius 3 is 2.71 bits per heavy atom. The van der Waals surface area contributed by atoms with Gasteiger partial charge in [-0.3, -0.25) is 10.3 Å². The van der Waals surface area contributed by atoms with E-state index >= 15 is 0 Å². The highest BCUT2D eigenvalue weighted by atomic mass is 35.5. The summed E-state index contributed by atoms with van der Waals surface area (Å²) in [6.07, 6.45) is 0.873. The topological polar surface area (TPSA) is 51.2 Å². The fraction of sp³-hybridized carbons (Fsp3) is 0.455. The number of nitrogens with zero attached hydrogens (tertiary/aromatic N) is 1. The van der Waals surface area contributed by atoms with Gasteiger partial charge in [0, 0.05) is 6.20 Å². The van der Waals surface area contributed by atoms with Crippen molar-refractivity contribution in [1.29, 1.82) is 0 Å². The molecule has 1 rings (SSSR count). The van der Waals surface area contributed by atoms with E-state index in [1.165, 1.54) is 6.20 Å². The number of hydrogen-bond acceptors (Lipinski definition) is 3. The molecule has 0 aromatic carbocycles. The Kier molecular flexibility index (Phi) is 4.60. The zero-order chi connectivity index (χ0) is 13.1. The maximum atomic E-state index is 11.5. The molecule has 17 heavy (non-hydrogen) atoms. The molecule has 0 bridgehead atoms. The van der Waals surface area contributed by atoms with Crippen molar-refractivity contribution in [3.8, 4) is 0 Å². The van der Waals surface area contributed by atoms with Crippen LogP contribution in [-0.4, -0.2) is 16.7 Å². The number of ether oxygens (including phenoxy) is 1. The number of carbonyl (C=O) groups is 1. The highest BCUT2D eigenvalue weighted by Crippen LogP contribution is 2.22. The number of halogens is 2. The summed E-state index contributed by atoms with van der Waals surface area (Å²) in [6.45, 7) is 5.35. The van der Waals surface area contributed by atoms with Crippen molar-refractivity contribution in [2.45, 2.75) is 32.3 Å². The van der Waals surface area contributed by atoms with Crippen LogP contribution in [0.1, 0.15) is 26.5 Å². The van der Waals surface area contributed by atoms with Gasteiger partial charge in [-0.15, -0.1) is 11.6 Å². The molecule has 0 aliphatic rings. The average molecular weight is 277 g/mol. The lowest BCUT2D eigenvalue weighted by molar-refractivity contribution is 0.0636. The SMILES string of the molecule is CC(C)(C)OC(=O)Nc1cc(CCl)ncc1Cl. The first-order valence-corrected chi connectivity index (χ1v) is 5.93. The van der Waals surface area contributed by atoms with Gasteiger partial charge in [-0.05, 0) is 26.8 Å². The summed E-state index contributed by atoms with van der Waals surface area (Å²) < 4.78 is 5.11. The highest BCUT2D eigenvalue weighted by molar-refractivity contribution is 6.33. The number of nitrogens with one attached hydrogen (secondary N) is 1. The molecule has 0 aliphatic carbocycles. The monoisotopic (exact) mass is 276 g/mol. The Labute approximate surface area is 110 Å². The van der Waals surface area contributed by atoms with Gasteiger partial charge in [0.25, 0.3) is 0 Å². The molecule has 0 saturated carbocycles. The van der Waals surface area contributed by atoms with Crippen molar-refractivity contribution < 1.29 is 9.53 Å². The van der Waals surface area contributed by atoms with Crippen molar-refractivity contribution in [1.82, 2.24) is 4.98 Å². The van der Waals surface area contributed by atoms with Crippen molar-refractivity contribution in [2.24, 2.45) is 0 Å². The van der Waals surface area contributed by atoms with E-state index in [2.05, 4.69) is 10.3 Å². The smallest absolute Gasteiger partial charge is 0.412 e. The van der Waals surface area contributed by atoms with E-state index in [1.54, 1.807) is 26.8 Å². The summed E-state index contributed by atoms with van der Waals surface area (Å²) in [5, 5.41) is 2.89. The van der Waals surface area contributed by atoms with Crippen LogP contribution >= 0.6 is 23.2 Å². The van der Waals surface area contributed by atoms with Crippen LogP contribution in [0.3, 0.4) is 0 Å². The molecule has 1 aromatic rings. The average Bonchev–Trinajstić information content (AvgIpc) is 2.18. The molecule has 0 saturated heterocycles. The molecular formula is C11H14Cl2N2O2. The summed E-state index contributed by atoms with van der Waals surface area (Å²) >= 11 is 11.5. The lowest BCUT2D eigenvalue weighted by Crippen LogP contribution is -2.27. The van der Waals surface area contributed by atoms with E-state index in [9.17, 15) is 4.79 Å². The van der Waals surface area contributed by atoms with E-state index < -0.39 is 11.7 Å². The number of anilines is 1. The number of rotatable bonds is 2. The van der Waals surface area contributed by atoms with Gasteiger partial charge in [-0.25, -0.2) is 4.79 Å². The van der Waals surface area contributed by atoms with Gasteiger partial charge < -0.3 is 4.74 Å². The maximum absolute atomic E-state index is 11.5. The van der Waals surface area contributed by atoms with Crippen molar-refractivity contribution >= 4 is 35.0 Å². The van der Waals surface area contributed by atoms with E-state index in [1.807, 2.05) is 0 Å². The second kappa shape index (κ2) is 5.56. The molecule has 0 atom stereocenters. The molecule has 0 unspecified atom stereocenters. The minimum absolute atomic E-state index is 0.250. The molecule has 4 nitrogen and oxygen atoms in total. The van der Waals surface area contributed by atoms with Crippen LogP contribution in [0.15, 0.2) is 12.3 Å². The Morgan fingerprint density at radius 1 is 1.53 bits per heavy atom. The predicted molar refractivity (Wildman–Crippen MR) is 68.7 cm³/mol. The van der Waals surface area contributed by atoms with Crippen molar-refractivity contribution in [3.05, 3.63) is 23.0 Å². The zero-order valence-corrected chi connectivity index (χ0v) is 11.4. The molecule has 1 heterocycles. The first-order chi connectivity index (χ1) is 7.81. The van der Waals surface area contributed by atoms with Crippen LogP contribution < -0.4 is 5.32 Å². The summed E-state index contributed by atoms with van der Waals surface area (Å²) in [6, 6.07) is 1.61. The standard InChI is InChI=1S/C11H14Cl2N2O2/c1-11(2,3)17-10(16)15-9-4-7(5-12)14-6-8(9)13/h4,6H,5H2,1-3H3,(H,14,15,16). The Morgan fingerprint density at radius 2 is 2.18 bits per heavy atom. The minimum atomic E-state index is -0.564. The van der Waals surface area contributed by atoms with Gasteiger partial charge in [0.05, 0.1) is 22.3 Å². The van der Waals surface area contributed by atoms with Crippen LogP contribution in [0, 0.1) is 0 Å². The highest BCUT2D eigenvalue weighted by Gasteiger charge is 2.17. The van der Waals surface area contributed by atoms with Crippen LogP contribution in [-0.2, 0) is 10.6 Å². The van der Waals surface area contributed by atoms with E-state index in [0.29, 0.717) is 16.4 Å². The minimum Gasteiger partial charge on any atom is -0.444 e. The summed E-state index contributed by atoms with van der Waals surface area (Å²) in [5.74, 6) is 0.250. The van der Waals surface area contributed by atoms with E-state index in [4.69, 9.17) is 27.9 Å². The molecule has 1 N–H and O–H groups in total. The second-order valence-corrected chi connectivity index (χ2v) is 5.09. The number of hydrogen-bond donors (Lipinski definition) is 1. The zero-order valence-electron chi connectivity index (χ0n) is 9.88. The number of amides is 1. The lowest BCUT2D eigenvalue weighted by atomic mass is 10.2. The Hall–Kier alpha value is -1.00. The van der Waals surface area contributed by atoms with Crippen LogP contribution in [0.4, 0.5) is 10.5 Å². The van der Waals surface area contributed by atoms with Gasteiger partial charge in [0.15, 0.2) is 0 Å². The van der Waals surface area contributed by atoms with Gasteiger partial charge in [0.1, 0.15) is 5.60 Å². The van der Waals surface area contributed by atoms with Crippen LogP contribution in [0.2, 0.25) is 5.02 Å². The summed E-state index contributed by atoms with van der Waals surface area (Å²) in [7, 11) is 0. The van der Waals surface area contributed by atoms with Gasteiger partial charge in [-0.2, -0.15) is 0 Å². The Bertz CT molecular complexity index is 416. The molecule has 1 amide bonds. The molecule has 0 radical (unpaired) electrons. The summed E-state index contributed by atoms with van der Waals surface area (Å²) in [4.78, 5) is 15.5. The first-order valence-electron chi connectivity index (χ1n) is 5.02. The quantitative estimate of drug-likeness (QED) is 0.836. The normalized spacial score (nSPS) is 11.1. The first kappa shape index (κ1) is 14.1. The van der Waals surface area contributed by atoms with Crippen molar-refractivity contribution in [2.75, 3.05) is 5.32 Å². The molecule has 94 valence electrons. The molecule has 1 aromatic heterocycles. The maximum Gasteiger partial charge on any atom is 0.412 e. The predicted octanol–water partition coefficient (Wildman–Crippen LogP) is 3.82. The number of pyridine rings is 1. The van der Waals surface area contributed by atoms with E-state index in [0.717, 1.165) is 0 Å². The lowest BCUT2D eigenvalue weighted by Gasteiger charge is -2.20. The second-order valence-electron chi connectivity index (χ2n) is 4.42.